The molecule has 2 amide bonds. The molecule has 3 N–H and O–H groups in total. The topological polar surface area (TPSA) is 98.0 Å². The van der Waals surface area contributed by atoms with Gasteiger partial charge in [-0.3, -0.25) is 9.59 Å². The molecule has 9 heteroatoms. The third kappa shape index (κ3) is 4.35. The number of rotatable bonds is 6. The highest BCUT2D eigenvalue weighted by Gasteiger charge is 2.27. The Morgan fingerprint density at radius 2 is 1.91 bits per heavy atom. The zero-order chi connectivity index (χ0) is 23.8. The highest BCUT2D eigenvalue weighted by molar-refractivity contribution is 8.00. The van der Waals surface area contributed by atoms with Gasteiger partial charge in [-0.15, -0.1) is 22.7 Å². The fourth-order valence-electron chi connectivity index (χ4n) is 4.23. The fourth-order valence-corrected chi connectivity index (χ4v) is 7.44. The molecule has 3 heterocycles. The second-order valence-corrected chi connectivity index (χ2v) is 11.7. The Bertz CT molecular complexity index is 1390. The predicted molar refractivity (Wildman–Crippen MR) is 141 cm³/mol. The SMILES string of the molecule is Cc1ccc(-c2csc3ncnc(SC(C)C(=O)Nc4sc5c(c4C(N)=O)CCCC5)c23)cc1. The highest BCUT2D eigenvalue weighted by Crippen LogP contribution is 2.40. The molecule has 6 nitrogen and oxygen atoms in total. The first-order valence-corrected chi connectivity index (χ1v) is 13.7. The van der Waals surface area contributed by atoms with Gasteiger partial charge in [-0.1, -0.05) is 41.6 Å². The van der Waals surface area contributed by atoms with Crippen LogP contribution < -0.4 is 11.1 Å². The maximum absolute atomic E-state index is 13.2. The van der Waals surface area contributed by atoms with Crippen LogP contribution in [-0.2, 0) is 17.6 Å². The van der Waals surface area contributed by atoms with Gasteiger partial charge in [0.05, 0.1) is 16.2 Å². The summed E-state index contributed by atoms with van der Waals surface area (Å²) >= 11 is 4.45. The van der Waals surface area contributed by atoms with Crippen LogP contribution in [0.25, 0.3) is 21.3 Å². The Morgan fingerprint density at radius 3 is 2.68 bits per heavy atom. The second-order valence-electron chi connectivity index (χ2n) is 8.40. The number of aromatic nitrogens is 2. The maximum atomic E-state index is 13.2. The average Bonchev–Trinajstić information content (AvgIpc) is 3.41. The van der Waals surface area contributed by atoms with E-state index in [1.54, 1.807) is 17.7 Å². The van der Waals surface area contributed by atoms with Crippen LogP contribution in [0.3, 0.4) is 0 Å². The van der Waals surface area contributed by atoms with Crippen LogP contribution in [0.1, 0.15) is 46.1 Å². The number of hydrogen-bond donors (Lipinski definition) is 2. The number of amides is 2. The number of thiophene rings is 2. The van der Waals surface area contributed by atoms with Gasteiger partial charge in [-0.2, -0.15) is 0 Å². The van der Waals surface area contributed by atoms with Gasteiger partial charge in [-0.25, -0.2) is 9.97 Å². The number of benzene rings is 1. The zero-order valence-corrected chi connectivity index (χ0v) is 21.3. The number of carbonyl (C=O) groups excluding carboxylic acids is 2. The number of carbonyl (C=O) groups is 2. The van der Waals surface area contributed by atoms with E-state index in [1.165, 1.54) is 28.7 Å². The van der Waals surface area contributed by atoms with Crippen molar-refractivity contribution < 1.29 is 9.59 Å². The number of primary amides is 1. The van der Waals surface area contributed by atoms with Gasteiger partial charge >= 0.3 is 0 Å². The van der Waals surface area contributed by atoms with E-state index in [9.17, 15) is 9.59 Å². The summed E-state index contributed by atoms with van der Waals surface area (Å²) in [7, 11) is 0. The lowest BCUT2D eigenvalue weighted by Crippen LogP contribution is -2.24. The van der Waals surface area contributed by atoms with E-state index in [2.05, 4.69) is 51.9 Å². The lowest BCUT2D eigenvalue weighted by Gasteiger charge is -2.13. The smallest absolute Gasteiger partial charge is 0.251 e. The predicted octanol–water partition coefficient (Wildman–Crippen LogP) is 5.83. The molecule has 4 aromatic rings. The van der Waals surface area contributed by atoms with E-state index in [0.29, 0.717) is 10.6 Å². The molecule has 0 bridgehead atoms. The van der Waals surface area contributed by atoms with E-state index >= 15 is 0 Å². The minimum absolute atomic E-state index is 0.176. The fraction of sp³-hybridized carbons (Fsp3) is 0.280. The third-order valence-electron chi connectivity index (χ3n) is 6.01. The van der Waals surface area contributed by atoms with E-state index in [0.717, 1.165) is 62.5 Å². The first-order chi connectivity index (χ1) is 16.4. The standard InChI is InChI=1S/C25H24N4O2S3/c1-13-7-9-15(10-8-13)17-11-32-23-20(17)24(28-12-27-23)33-14(2)22(31)29-25-19(21(26)30)16-5-3-4-6-18(16)34-25/h7-12,14H,3-6H2,1-2H3,(H2,26,30)(H,29,31). The van der Waals surface area contributed by atoms with Crippen molar-refractivity contribution >= 4 is 61.5 Å². The molecule has 0 saturated heterocycles. The van der Waals surface area contributed by atoms with Crippen LogP contribution in [0.15, 0.2) is 41.0 Å². The Morgan fingerprint density at radius 1 is 1.15 bits per heavy atom. The van der Waals surface area contributed by atoms with Crippen molar-refractivity contribution in [1.82, 2.24) is 9.97 Å². The summed E-state index contributed by atoms with van der Waals surface area (Å²) in [5.41, 5.74) is 10.5. The third-order valence-corrected chi connectivity index (χ3v) is 9.20. The molecule has 5 rings (SSSR count). The second kappa shape index (κ2) is 9.48. The van der Waals surface area contributed by atoms with Crippen molar-refractivity contribution in [2.24, 2.45) is 5.73 Å². The van der Waals surface area contributed by atoms with E-state index in [4.69, 9.17) is 5.73 Å². The molecular formula is C25H24N4O2S3. The van der Waals surface area contributed by atoms with Crippen molar-refractivity contribution in [2.45, 2.75) is 49.8 Å². The van der Waals surface area contributed by atoms with Gasteiger partial charge < -0.3 is 11.1 Å². The van der Waals surface area contributed by atoms with Gasteiger partial charge in [0.1, 0.15) is 21.2 Å². The molecule has 3 aromatic heterocycles. The molecular weight excluding hydrogens is 485 g/mol. The zero-order valence-electron chi connectivity index (χ0n) is 18.9. The van der Waals surface area contributed by atoms with Gasteiger partial charge in [0.2, 0.25) is 5.91 Å². The number of nitrogens with one attached hydrogen (secondary N) is 1. The number of nitrogens with zero attached hydrogens (tertiary/aromatic N) is 2. The van der Waals surface area contributed by atoms with Crippen LogP contribution in [0.4, 0.5) is 5.00 Å². The summed E-state index contributed by atoms with van der Waals surface area (Å²) in [6.07, 6.45) is 5.45. The summed E-state index contributed by atoms with van der Waals surface area (Å²) in [6, 6.07) is 8.36. The van der Waals surface area contributed by atoms with Crippen LogP contribution in [0.2, 0.25) is 0 Å². The minimum Gasteiger partial charge on any atom is -0.365 e. The molecule has 0 aliphatic heterocycles. The maximum Gasteiger partial charge on any atom is 0.251 e. The summed E-state index contributed by atoms with van der Waals surface area (Å²) in [4.78, 5) is 36.3. The number of anilines is 1. The molecule has 0 fully saturated rings. The summed E-state index contributed by atoms with van der Waals surface area (Å²) in [6.45, 7) is 3.91. The molecule has 1 atom stereocenters. The highest BCUT2D eigenvalue weighted by atomic mass is 32.2. The van der Waals surface area contributed by atoms with Crippen molar-refractivity contribution in [1.29, 1.82) is 0 Å². The van der Waals surface area contributed by atoms with Gasteiger partial charge in [0.15, 0.2) is 0 Å². The first-order valence-electron chi connectivity index (χ1n) is 11.1. The van der Waals surface area contributed by atoms with Gasteiger partial charge in [0, 0.05) is 15.8 Å². The van der Waals surface area contributed by atoms with Crippen molar-refractivity contribution in [3.05, 3.63) is 57.5 Å². The van der Waals surface area contributed by atoms with Crippen LogP contribution in [0, 0.1) is 6.92 Å². The van der Waals surface area contributed by atoms with Crippen LogP contribution >= 0.6 is 34.4 Å². The molecule has 0 saturated carbocycles. The molecule has 0 radical (unpaired) electrons. The number of fused-ring (bicyclic) bond motifs is 2. The summed E-state index contributed by atoms with van der Waals surface area (Å²) in [5.74, 6) is -0.654. The van der Waals surface area contributed by atoms with E-state index < -0.39 is 11.2 Å². The lowest BCUT2D eigenvalue weighted by molar-refractivity contribution is -0.115. The Hall–Kier alpha value is -2.75. The quantitative estimate of drug-likeness (QED) is 0.252. The van der Waals surface area contributed by atoms with E-state index in [1.807, 2.05) is 6.92 Å². The molecule has 1 aliphatic carbocycles. The van der Waals surface area contributed by atoms with Crippen LogP contribution in [-0.4, -0.2) is 27.0 Å². The Labute approximate surface area is 210 Å². The van der Waals surface area contributed by atoms with Crippen molar-refractivity contribution in [3.8, 4) is 11.1 Å². The van der Waals surface area contributed by atoms with Gasteiger partial charge in [-0.05, 0) is 50.7 Å². The normalized spacial score (nSPS) is 14.1. The largest absolute Gasteiger partial charge is 0.365 e. The number of aryl methyl sites for hydroxylation is 2. The molecule has 1 aliphatic rings. The van der Waals surface area contributed by atoms with Crippen molar-refractivity contribution in [3.63, 3.8) is 0 Å². The number of thioether (sulfide) groups is 1. The molecule has 1 unspecified atom stereocenters. The minimum atomic E-state index is -0.478. The first kappa shape index (κ1) is 23.0. The molecule has 0 spiro atoms. The number of hydrogen-bond acceptors (Lipinski definition) is 7. The van der Waals surface area contributed by atoms with Crippen molar-refractivity contribution in [2.75, 3.05) is 5.32 Å². The summed E-state index contributed by atoms with van der Waals surface area (Å²) < 4.78 is 0. The van der Waals surface area contributed by atoms with Crippen LogP contribution in [0.5, 0.6) is 0 Å². The summed E-state index contributed by atoms with van der Waals surface area (Å²) in [5, 5.41) is 6.95. The lowest BCUT2D eigenvalue weighted by atomic mass is 9.95. The van der Waals surface area contributed by atoms with Gasteiger partial charge in [0.25, 0.3) is 5.91 Å². The molecule has 1 aromatic carbocycles. The Kier molecular flexibility index (Phi) is 6.42. The monoisotopic (exact) mass is 508 g/mol. The average molecular weight is 509 g/mol. The number of nitrogens with two attached hydrogens (primary N) is 1. The molecule has 174 valence electrons. The van der Waals surface area contributed by atoms with E-state index in [-0.39, 0.29) is 5.91 Å². The Balaban J connectivity index is 1.41. The molecule has 34 heavy (non-hydrogen) atoms.